The molecule has 2 aromatic heterocycles. The number of aryl methyl sites for hydroxylation is 1. The molecule has 7 heteroatoms. The zero-order chi connectivity index (χ0) is 19.1. The average molecular weight is 383 g/mol. The molecule has 6 nitrogen and oxygen atoms in total. The molecule has 0 unspecified atom stereocenters. The van der Waals surface area contributed by atoms with Crippen LogP contribution in [-0.4, -0.2) is 46.5 Å². The van der Waals surface area contributed by atoms with Crippen molar-refractivity contribution in [2.75, 3.05) is 20.6 Å². The highest BCUT2D eigenvalue weighted by Gasteiger charge is 2.10. The Morgan fingerprint density at radius 3 is 2.74 bits per heavy atom. The molecule has 3 aromatic rings. The van der Waals surface area contributed by atoms with E-state index in [2.05, 4.69) is 49.2 Å². The minimum absolute atomic E-state index is 0.656. The highest BCUT2D eigenvalue weighted by molar-refractivity contribution is 7.11. The third-order valence-electron chi connectivity index (χ3n) is 4.25. The molecular formula is C20H26N6S. The van der Waals surface area contributed by atoms with Crippen LogP contribution in [0.4, 0.5) is 0 Å². The Bertz CT molecular complexity index is 867. The molecular weight excluding hydrogens is 356 g/mol. The van der Waals surface area contributed by atoms with Gasteiger partial charge in [-0.3, -0.25) is 4.99 Å². The van der Waals surface area contributed by atoms with E-state index in [0.29, 0.717) is 6.54 Å². The lowest BCUT2D eigenvalue weighted by molar-refractivity contribution is 0.464. The van der Waals surface area contributed by atoms with Crippen molar-refractivity contribution in [2.45, 2.75) is 26.3 Å². The van der Waals surface area contributed by atoms with Gasteiger partial charge in [-0.05, 0) is 12.0 Å². The number of aliphatic imine (C=N–C) groups is 1. The molecule has 0 bridgehead atoms. The van der Waals surface area contributed by atoms with E-state index in [1.54, 1.807) is 18.4 Å². The van der Waals surface area contributed by atoms with Gasteiger partial charge in [-0.2, -0.15) is 0 Å². The first-order valence-corrected chi connectivity index (χ1v) is 9.96. The third kappa shape index (κ3) is 5.17. The summed E-state index contributed by atoms with van der Waals surface area (Å²) in [4.78, 5) is 20.1. The second-order valence-electron chi connectivity index (χ2n) is 6.26. The van der Waals surface area contributed by atoms with Crippen LogP contribution in [0, 0.1) is 0 Å². The molecule has 0 spiro atoms. The first kappa shape index (κ1) is 19.1. The van der Waals surface area contributed by atoms with Gasteiger partial charge in [0.15, 0.2) is 5.96 Å². The van der Waals surface area contributed by atoms with Gasteiger partial charge in [0.2, 0.25) is 0 Å². The lowest BCUT2D eigenvalue weighted by Gasteiger charge is -2.20. The molecule has 142 valence electrons. The van der Waals surface area contributed by atoms with Crippen LogP contribution in [0.15, 0.2) is 47.7 Å². The van der Waals surface area contributed by atoms with E-state index in [1.807, 2.05) is 37.6 Å². The van der Waals surface area contributed by atoms with Crippen molar-refractivity contribution in [2.24, 2.45) is 4.99 Å². The lowest BCUT2D eigenvalue weighted by atomic mass is 10.2. The largest absolute Gasteiger partial charge is 0.356 e. The summed E-state index contributed by atoms with van der Waals surface area (Å²) >= 11 is 1.78. The van der Waals surface area contributed by atoms with E-state index in [9.17, 15) is 0 Å². The van der Waals surface area contributed by atoms with Gasteiger partial charge < -0.3 is 15.2 Å². The van der Waals surface area contributed by atoms with Crippen LogP contribution >= 0.6 is 11.3 Å². The fourth-order valence-electron chi connectivity index (χ4n) is 2.80. The molecule has 3 rings (SSSR count). The Morgan fingerprint density at radius 1 is 1.22 bits per heavy atom. The highest BCUT2D eigenvalue weighted by atomic mass is 32.1. The first-order valence-electron chi connectivity index (χ1n) is 9.14. The summed E-state index contributed by atoms with van der Waals surface area (Å²) in [6, 6.07) is 10.2. The Kier molecular flexibility index (Phi) is 6.59. The van der Waals surface area contributed by atoms with Crippen molar-refractivity contribution >= 4 is 17.3 Å². The molecule has 0 aliphatic carbocycles. The summed E-state index contributed by atoms with van der Waals surface area (Å²) in [7, 11) is 3.81. The summed E-state index contributed by atoms with van der Waals surface area (Å²) in [5.41, 5.74) is 2.16. The SMILES string of the molecule is CCc1cnc(CCNC(=NC)N(C)Cc2ncc(-c3ccccc3)[nH]2)s1. The van der Waals surface area contributed by atoms with E-state index < -0.39 is 0 Å². The van der Waals surface area contributed by atoms with Crippen LogP contribution in [0.2, 0.25) is 0 Å². The number of nitrogens with one attached hydrogen (secondary N) is 2. The van der Waals surface area contributed by atoms with Crippen molar-refractivity contribution in [3.05, 3.63) is 58.4 Å². The molecule has 0 fully saturated rings. The van der Waals surface area contributed by atoms with E-state index in [-0.39, 0.29) is 0 Å². The van der Waals surface area contributed by atoms with E-state index in [0.717, 1.165) is 47.4 Å². The smallest absolute Gasteiger partial charge is 0.193 e. The monoisotopic (exact) mass is 382 g/mol. The van der Waals surface area contributed by atoms with Gasteiger partial charge >= 0.3 is 0 Å². The molecule has 0 atom stereocenters. The van der Waals surface area contributed by atoms with Gasteiger partial charge in [-0.15, -0.1) is 11.3 Å². The van der Waals surface area contributed by atoms with Gasteiger partial charge in [0.25, 0.3) is 0 Å². The fraction of sp³-hybridized carbons (Fsp3) is 0.350. The Labute approximate surface area is 164 Å². The number of benzene rings is 1. The van der Waals surface area contributed by atoms with E-state index in [1.165, 1.54) is 4.88 Å². The number of nitrogens with zero attached hydrogens (tertiary/aromatic N) is 4. The van der Waals surface area contributed by atoms with Crippen LogP contribution in [0.25, 0.3) is 11.3 Å². The van der Waals surface area contributed by atoms with Crippen molar-refractivity contribution in [3.63, 3.8) is 0 Å². The number of guanidine groups is 1. The number of hydrogen-bond acceptors (Lipinski definition) is 4. The van der Waals surface area contributed by atoms with Gasteiger partial charge in [-0.25, -0.2) is 9.97 Å². The molecule has 0 radical (unpaired) electrons. The zero-order valence-corrected chi connectivity index (χ0v) is 16.9. The number of imidazole rings is 1. The summed E-state index contributed by atoms with van der Waals surface area (Å²) in [5, 5.41) is 4.57. The number of aromatic nitrogens is 3. The number of thiazole rings is 1. The summed E-state index contributed by atoms with van der Waals surface area (Å²) < 4.78 is 0. The van der Waals surface area contributed by atoms with Crippen LogP contribution in [0.1, 0.15) is 22.6 Å². The first-order chi connectivity index (χ1) is 13.2. The van der Waals surface area contributed by atoms with E-state index in [4.69, 9.17) is 0 Å². The normalized spacial score (nSPS) is 11.6. The van der Waals surface area contributed by atoms with Crippen molar-refractivity contribution in [1.29, 1.82) is 0 Å². The third-order valence-corrected chi connectivity index (χ3v) is 5.45. The van der Waals surface area contributed by atoms with Gasteiger partial charge in [0.05, 0.1) is 23.4 Å². The van der Waals surface area contributed by atoms with Crippen LogP contribution in [-0.2, 0) is 19.4 Å². The fourth-order valence-corrected chi connectivity index (χ4v) is 3.66. The van der Waals surface area contributed by atoms with Crippen molar-refractivity contribution in [3.8, 4) is 11.3 Å². The molecule has 0 amide bonds. The minimum atomic E-state index is 0.656. The second kappa shape index (κ2) is 9.32. The molecule has 2 N–H and O–H groups in total. The molecule has 27 heavy (non-hydrogen) atoms. The number of aromatic amines is 1. The maximum atomic E-state index is 4.50. The number of hydrogen-bond donors (Lipinski definition) is 2. The summed E-state index contributed by atoms with van der Waals surface area (Å²) in [6.45, 7) is 3.62. The topological polar surface area (TPSA) is 69.2 Å². The highest BCUT2D eigenvalue weighted by Crippen LogP contribution is 2.16. The van der Waals surface area contributed by atoms with Crippen LogP contribution < -0.4 is 5.32 Å². The zero-order valence-electron chi connectivity index (χ0n) is 16.1. The molecule has 1 aromatic carbocycles. The van der Waals surface area contributed by atoms with Crippen LogP contribution in [0.5, 0.6) is 0 Å². The van der Waals surface area contributed by atoms with Gasteiger partial charge in [-0.1, -0.05) is 37.3 Å². The maximum absolute atomic E-state index is 4.50. The van der Waals surface area contributed by atoms with Crippen molar-refractivity contribution < 1.29 is 0 Å². The van der Waals surface area contributed by atoms with E-state index >= 15 is 0 Å². The quantitative estimate of drug-likeness (QED) is 0.486. The Hall–Kier alpha value is -2.67. The van der Waals surface area contributed by atoms with Crippen molar-refractivity contribution in [1.82, 2.24) is 25.2 Å². The number of H-pyrrole nitrogens is 1. The van der Waals surface area contributed by atoms with Gasteiger partial charge in [0.1, 0.15) is 5.82 Å². The Balaban J connectivity index is 1.52. The lowest BCUT2D eigenvalue weighted by Crippen LogP contribution is -2.39. The predicted molar refractivity (Wildman–Crippen MR) is 112 cm³/mol. The summed E-state index contributed by atoms with van der Waals surface area (Å²) in [6.07, 6.45) is 5.80. The summed E-state index contributed by atoms with van der Waals surface area (Å²) in [5.74, 6) is 1.76. The average Bonchev–Trinajstić information content (AvgIpc) is 3.35. The molecule has 0 aliphatic rings. The molecule has 0 aliphatic heterocycles. The van der Waals surface area contributed by atoms with Crippen LogP contribution in [0.3, 0.4) is 0 Å². The standard InChI is InChI=1S/C20H26N6S/c1-4-16-12-24-19(27-16)10-11-22-20(21-2)26(3)14-18-23-13-17(25-18)15-8-6-5-7-9-15/h5-9,12-13H,4,10-11,14H2,1-3H3,(H,21,22)(H,23,25). The minimum Gasteiger partial charge on any atom is -0.356 e. The molecule has 2 heterocycles. The Morgan fingerprint density at radius 2 is 2.04 bits per heavy atom. The maximum Gasteiger partial charge on any atom is 0.193 e. The second-order valence-corrected chi connectivity index (χ2v) is 7.46. The predicted octanol–water partition coefficient (Wildman–Crippen LogP) is 3.35. The number of rotatable bonds is 7. The molecule has 0 saturated heterocycles. The van der Waals surface area contributed by atoms with Gasteiger partial charge in [0, 0.05) is 38.1 Å². The molecule has 0 saturated carbocycles.